The van der Waals surface area contributed by atoms with E-state index in [2.05, 4.69) is 10.6 Å². The second-order valence-corrected chi connectivity index (χ2v) is 4.00. The Morgan fingerprint density at radius 3 is 1.68 bits per heavy atom. The Morgan fingerprint density at radius 1 is 0.947 bits per heavy atom. The van der Waals surface area contributed by atoms with Gasteiger partial charge in [-0.1, -0.05) is 0 Å². The van der Waals surface area contributed by atoms with Crippen LogP contribution in [0, 0.1) is 0 Å². The summed E-state index contributed by atoms with van der Waals surface area (Å²) < 4.78 is 0. The molecule has 0 aromatic heterocycles. The van der Waals surface area contributed by atoms with E-state index in [0.29, 0.717) is 0 Å². The fraction of sp³-hybridized carbons (Fsp3) is 0.182. The van der Waals surface area contributed by atoms with Gasteiger partial charge in [-0.25, -0.2) is 4.79 Å². The van der Waals surface area contributed by atoms with Crippen LogP contribution in [0.5, 0.6) is 0 Å². The second kappa shape index (κ2) is 6.96. The van der Waals surface area contributed by atoms with Crippen molar-refractivity contribution in [2.24, 2.45) is 0 Å². The van der Waals surface area contributed by atoms with Gasteiger partial charge in [-0.3, -0.25) is 9.59 Å². The summed E-state index contributed by atoms with van der Waals surface area (Å²) in [6, 6.07) is 3.91. The number of amides is 2. The SMILES string of the molecule is O=C(CCl)Nc1cc(NC(=O)CCl)cc(C(=O)O)c1. The van der Waals surface area contributed by atoms with Crippen molar-refractivity contribution in [2.75, 3.05) is 22.4 Å². The molecule has 1 aromatic rings. The van der Waals surface area contributed by atoms with E-state index in [0.717, 1.165) is 0 Å². The van der Waals surface area contributed by atoms with Crippen LogP contribution in [0.4, 0.5) is 11.4 Å². The van der Waals surface area contributed by atoms with Gasteiger partial charge in [0.1, 0.15) is 11.8 Å². The van der Waals surface area contributed by atoms with E-state index in [9.17, 15) is 14.4 Å². The molecule has 0 aliphatic rings. The second-order valence-electron chi connectivity index (χ2n) is 3.47. The minimum absolute atomic E-state index is 0.0859. The lowest BCUT2D eigenvalue weighted by atomic mass is 10.1. The Labute approximate surface area is 118 Å². The summed E-state index contributed by atoms with van der Waals surface area (Å²) in [5.74, 6) is -2.69. The quantitative estimate of drug-likeness (QED) is 0.722. The summed E-state index contributed by atoms with van der Waals surface area (Å²) in [5.41, 5.74) is 0.350. The van der Waals surface area contributed by atoms with Gasteiger partial charge in [-0.15, -0.1) is 23.2 Å². The van der Waals surface area contributed by atoms with Crippen molar-refractivity contribution in [3.8, 4) is 0 Å². The third kappa shape index (κ3) is 4.76. The Kier molecular flexibility index (Phi) is 5.59. The summed E-state index contributed by atoms with van der Waals surface area (Å²) in [6.45, 7) is 0. The molecular formula is C11H10Cl2N2O4. The summed E-state index contributed by atoms with van der Waals surface area (Å²) in [7, 11) is 0. The van der Waals surface area contributed by atoms with E-state index in [4.69, 9.17) is 28.3 Å². The molecule has 8 heteroatoms. The molecule has 0 fully saturated rings. The zero-order valence-electron chi connectivity index (χ0n) is 9.57. The van der Waals surface area contributed by atoms with Crippen molar-refractivity contribution in [3.63, 3.8) is 0 Å². The molecular weight excluding hydrogens is 295 g/mol. The van der Waals surface area contributed by atoms with Crippen LogP contribution < -0.4 is 10.6 Å². The maximum atomic E-state index is 11.2. The number of aromatic carboxylic acids is 1. The monoisotopic (exact) mass is 304 g/mol. The van der Waals surface area contributed by atoms with E-state index in [1.54, 1.807) is 0 Å². The van der Waals surface area contributed by atoms with Crippen LogP contribution in [-0.2, 0) is 9.59 Å². The van der Waals surface area contributed by atoms with Gasteiger partial charge in [0.05, 0.1) is 5.56 Å². The first-order valence-corrected chi connectivity index (χ1v) is 6.13. The molecule has 0 bridgehead atoms. The van der Waals surface area contributed by atoms with Crippen LogP contribution in [0.2, 0.25) is 0 Å². The van der Waals surface area contributed by atoms with Crippen LogP contribution >= 0.6 is 23.2 Å². The lowest BCUT2D eigenvalue weighted by molar-refractivity contribution is -0.114. The minimum atomic E-state index is -1.19. The highest BCUT2D eigenvalue weighted by Gasteiger charge is 2.10. The Morgan fingerprint density at radius 2 is 1.37 bits per heavy atom. The number of hydrogen-bond donors (Lipinski definition) is 3. The van der Waals surface area contributed by atoms with Gasteiger partial charge < -0.3 is 15.7 Å². The fourth-order valence-electron chi connectivity index (χ4n) is 1.28. The summed E-state index contributed by atoms with van der Waals surface area (Å²) in [4.78, 5) is 33.2. The molecule has 3 N–H and O–H groups in total. The first-order chi connectivity index (χ1) is 8.96. The average Bonchev–Trinajstić information content (AvgIpc) is 2.37. The van der Waals surface area contributed by atoms with Gasteiger partial charge in [0.2, 0.25) is 11.8 Å². The van der Waals surface area contributed by atoms with Crippen LogP contribution in [0.3, 0.4) is 0 Å². The first-order valence-electron chi connectivity index (χ1n) is 5.06. The molecule has 1 aromatic carbocycles. The summed E-state index contributed by atoms with van der Waals surface area (Å²) in [5, 5.41) is 13.7. The molecule has 0 heterocycles. The number of carbonyl (C=O) groups is 3. The lowest BCUT2D eigenvalue weighted by Crippen LogP contribution is -2.16. The highest BCUT2D eigenvalue weighted by atomic mass is 35.5. The minimum Gasteiger partial charge on any atom is -0.478 e. The number of anilines is 2. The molecule has 0 aliphatic carbocycles. The van der Waals surface area contributed by atoms with Crippen molar-refractivity contribution >= 4 is 52.4 Å². The molecule has 0 atom stereocenters. The van der Waals surface area contributed by atoms with Crippen molar-refractivity contribution in [1.82, 2.24) is 0 Å². The lowest BCUT2D eigenvalue weighted by Gasteiger charge is -2.09. The summed E-state index contributed by atoms with van der Waals surface area (Å²) in [6.07, 6.45) is 0. The van der Waals surface area contributed by atoms with Crippen molar-refractivity contribution in [1.29, 1.82) is 0 Å². The molecule has 0 aliphatic heterocycles. The Balaban J connectivity index is 3.06. The Bertz CT molecular complexity index is 483. The number of carbonyl (C=O) groups excluding carboxylic acids is 2. The van der Waals surface area contributed by atoms with Gasteiger partial charge in [0, 0.05) is 11.4 Å². The maximum absolute atomic E-state index is 11.2. The van der Waals surface area contributed by atoms with Gasteiger partial charge in [-0.05, 0) is 18.2 Å². The molecule has 0 radical (unpaired) electrons. The van der Waals surface area contributed by atoms with E-state index in [1.807, 2.05) is 0 Å². The van der Waals surface area contributed by atoms with Gasteiger partial charge in [-0.2, -0.15) is 0 Å². The number of alkyl halides is 2. The molecule has 102 valence electrons. The molecule has 0 spiro atoms. The standard InChI is InChI=1S/C11H10Cl2N2O4/c12-4-9(16)14-7-1-6(11(18)19)2-8(3-7)15-10(17)5-13/h1-3H,4-5H2,(H,14,16)(H,15,17)(H,18,19). The first kappa shape index (κ1) is 15.3. The smallest absolute Gasteiger partial charge is 0.335 e. The van der Waals surface area contributed by atoms with Gasteiger partial charge in [0.15, 0.2) is 0 Å². The van der Waals surface area contributed by atoms with Crippen molar-refractivity contribution < 1.29 is 19.5 Å². The number of carboxylic acids is 1. The highest BCUT2D eigenvalue weighted by molar-refractivity contribution is 6.29. The average molecular weight is 305 g/mol. The largest absolute Gasteiger partial charge is 0.478 e. The van der Waals surface area contributed by atoms with E-state index >= 15 is 0 Å². The van der Waals surface area contributed by atoms with Gasteiger partial charge in [0.25, 0.3) is 0 Å². The third-order valence-corrected chi connectivity index (χ3v) is 2.48. The molecule has 0 saturated heterocycles. The van der Waals surface area contributed by atoms with Crippen molar-refractivity contribution in [3.05, 3.63) is 23.8 Å². The van der Waals surface area contributed by atoms with Crippen LogP contribution in [-0.4, -0.2) is 34.7 Å². The molecule has 6 nitrogen and oxygen atoms in total. The molecule has 0 unspecified atom stereocenters. The van der Waals surface area contributed by atoms with Crippen LogP contribution in [0.1, 0.15) is 10.4 Å². The van der Waals surface area contributed by atoms with Crippen molar-refractivity contribution in [2.45, 2.75) is 0 Å². The number of rotatable bonds is 5. The molecule has 1 rings (SSSR count). The number of hydrogen-bond acceptors (Lipinski definition) is 3. The maximum Gasteiger partial charge on any atom is 0.335 e. The number of benzene rings is 1. The molecule has 19 heavy (non-hydrogen) atoms. The number of carboxylic acid groups (broad SMARTS) is 1. The fourth-order valence-corrected chi connectivity index (χ4v) is 1.42. The van der Waals surface area contributed by atoms with Crippen LogP contribution in [0.25, 0.3) is 0 Å². The Hall–Kier alpha value is -1.79. The predicted octanol–water partition coefficient (Wildman–Crippen LogP) is 1.74. The predicted molar refractivity (Wildman–Crippen MR) is 72.1 cm³/mol. The highest BCUT2D eigenvalue weighted by Crippen LogP contribution is 2.19. The third-order valence-electron chi connectivity index (χ3n) is 1.99. The number of halogens is 2. The van der Waals surface area contributed by atoms with E-state index < -0.39 is 17.8 Å². The topological polar surface area (TPSA) is 95.5 Å². The zero-order chi connectivity index (χ0) is 14.4. The van der Waals surface area contributed by atoms with E-state index in [1.165, 1.54) is 18.2 Å². The molecule has 2 amide bonds. The normalized spacial score (nSPS) is 9.79. The van der Waals surface area contributed by atoms with E-state index in [-0.39, 0.29) is 28.7 Å². The molecule has 0 saturated carbocycles. The van der Waals surface area contributed by atoms with Crippen LogP contribution in [0.15, 0.2) is 18.2 Å². The van der Waals surface area contributed by atoms with Gasteiger partial charge >= 0.3 is 5.97 Å². The zero-order valence-corrected chi connectivity index (χ0v) is 11.1. The number of nitrogens with one attached hydrogen (secondary N) is 2. The summed E-state index contributed by atoms with van der Waals surface area (Å²) >= 11 is 10.7.